The first kappa shape index (κ1) is 13.1. The Hall–Kier alpha value is -1.36. The number of carboxylic acid groups (broad SMARTS) is 1. The van der Waals surface area contributed by atoms with Crippen molar-refractivity contribution in [2.75, 3.05) is 0 Å². The van der Waals surface area contributed by atoms with Gasteiger partial charge in [-0.05, 0) is 42.9 Å². The maximum absolute atomic E-state index is 12.3. The molecular weight excluding hydrogens is 266 g/mol. The van der Waals surface area contributed by atoms with Crippen molar-refractivity contribution in [1.29, 1.82) is 0 Å². The van der Waals surface area contributed by atoms with Crippen molar-refractivity contribution in [1.82, 2.24) is 0 Å². The Morgan fingerprint density at radius 2 is 2.06 bits per heavy atom. The molecule has 0 fully saturated rings. The van der Waals surface area contributed by atoms with Gasteiger partial charge in [0.1, 0.15) is 5.56 Å². The third-order valence-electron chi connectivity index (χ3n) is 2.98. The van der Waals surface area contributed by atoms with Crippen LogP contribution in [0.5, 0.6) is 5.75 Å². The molecule has 1 N–H and O–H groups in total. The number of aryl methyl sites for hydroxylation is 1. The van der Waals surface area contributed by atoms with Crippen molar-refractivity contribution >= 4 is 17.6 Å². The van der Waals surface area contributed by atoms with Crippen molar-refractivity contribution in [3.8, 4) is 5.75 Å². The van der Waals surface area contributed by atoms with Gasteiger partial charge in [0.05, 0.1) is 5.02 Å². The van der Waals surface area contributed by atoms with E-state index >= 15 is 0 Å². The molecule has 1 aliphatic rings. The number of aromatic carboxylic acids is 1. The summed E-state index contributed by atoms with van der Waals surface area (Å²) in [5.41, 5.74) is 1.15. The van der Waals surface area contributed by atoms with Crippen LogP contribution >= 0.6 is 11.6 Å². The fourth-order valence-corrected chi connectivity index (χ4v) is 2.55. The Morgan fingerprint density at radius 1 is 1.39 bits per heavy atom. The summed E-state index contributed by atoms with van der Waals surface area (Å²) in [5, 5.41) is 9.10. The number of alkyl halides is 2. The van der Waals surface area contributed by atoms with Crippen LogP contribution in [0.3, 0.4) is 0 Å². The minimum atomic E-state index is -3.10. The molecule has 0 aromatic heterocycles. The molecule has 1 aliphatic carbocycles. The van der Waals surface area contributed by atoms with E-state index in [0.717, 1.165) is 18.4 Å². The lowest BCUT2D eigenvalue weighted by atomic mass is 9.87. The zero-order valence-corrected chi connectivity index (χ0v) is 10.1. The van der Waals surface area contributed by atoms with Gasteiger partial charge in [-0.15, -0.1) is 0 Å². The predicted molar refractivity (Wildman–Crippen MR) is 61.7 cm³/mol. The lowest BCUT2D eigenvalue weighted by Gasteiger charge is -2.21. The predicted octanol–water partition coefficient (Wildman–Crippen LogP) is 3.52. The first-order chi connectivity index (χ1) is 8.50. The number of hydrogen-bond donors (Lipinski definition) is 1. The zero-order chi connectivity index (χ0) is 13.3. The second-order valence-corrected chi connectivity index (χ2v) is 4.50. The summed E-state index contributed by atoms with van der Waals surface area (Å²) in [5.74, 6) is -1.72. The quantitative estimate of drug-likeness (QED) is 0.919. The van der Waals surface area contributed by atoms with Gasteiger partial charge in [0.2, 0.25) is 0 Å². The van der Waals surface area contributed by atoms with Crippen molar-refractivity contribution in [2.24, 2.45) is 0 Å². The second kappa shape index (κ2) is 5.10. The van der Waals surface area contributed by atoms with Crippen LogP contribution in [0.25, 0.3) is 0 Å². The highest BCUT2D eigenvalue weighted by molar-refractivity contribution is 6.32. The molecule has 6 heteroatoms. The van der Waals surface area contributed by atoms with Crippen molar-refractivity contribution in [3.63, 3.8) is 0 Å². The van der Waals surface area contributed by atoms with Crippen LogP contribution in [0, 0.1) is 0 Å². The molecule has 1 aromatic rings. The van der Waals surface area contributed by atoms with E-state index in [1.807, 2.05) is 0 Å². The van der Waals surface area contributed by atoms with Gasteiger partial charge >= 0.3 is 12.6 Å². The molecule has 0 heterocycles. The summed E-state index contributed by atoms with van der Waals surface area (Å²) in [4.78, 5) is 11.2. The van der Waals surface area contributed by atoms with Gasteiger partial charge in [-0.3, -0.25) is 0 Å². The molecule has 0 atom stereocenters. The van der Waals surface area contributed by atoms with Gasteiger partial charge in [-0.2, -0.15) is 8.78 Å². The van der Waals surface area contributed by atoms with Crippen molar-refractivity contribution in [2.45, 2.75) is 32.3 Å². The summed E-state index contributed by atoms with van der Waals surface area (Å²) < 4.78 is 28.9. The number of halogens is 3. The fourth-order valence-electron chi connectivity index (χ4n) is 2.28. The van der Waals surface area contributed by atoms with Crippen LogP contribution in [0.4, 0.5) is 8.78 Å². The lowest BCUT2D eigenvalue weighted by Crippen LogP contribution is -2.15. The summed E-state index contributed by atoms with van der Waals surface area (Å²) in [7, 11) is 0. The summed E-state index contributed by atoms with van der Waals surface area (Å²) in [6.45, 7) is -3.10. The highest BCUT2D eigenvalue weighted by Gasteiger charge is 2.26. The van der Waals surface area contributed by atoms with Gasteiger partial charge in [0.15, 0.2) is 5.75 Å². The number of carbonyl (C=O) groups is 1. The van der Waals surface area contributed by atoms with E-state index in [2.05, 4.69) is 4.74 Å². The average molecular weight is 277 g/mol. The fraction of sp³-hybridized carbons (Fsp3) is 0.417. The molecular formula is C12H11ClF2O3. The van der Waals surface area contributed by atoms with Crippen LogP contribution < -0.4 is 4.74 Å². The third kappa shape index (κ3) is 2.41. The number of hydrogen-bond acceptors (Lipinski definition) is 2. The molecule has 18 heavy (non-hydrogen) atoms. The van der Waals surface area contributed by atoms with Crippen LogP contribution in [0.15, 0.2) is 6.07 Å². The van der Waals surface area contributed by atoms with E-state index in [0.29, 0.717) is 18.4 Å². The second-order valence-electron chi connectivity index (χ2n) is 4.09. The standard InChI is InChI=1S/C12H11ClF2O3/c13-8-5-6-3-1-2-4-7(6)9(11(16)17)10(8)18-12(14)15/h5,12H,1-4H2,(H,16,17). The van der Waals surface area contributed by atoms with Crippen molar-refractivity contribution in [3.05, 3.63) is 27.8 Å². The molecule has 0 aliphatic heterocycles. The molecule has 0 saturated carbocycles. The minimum absolute atomic E-state index is 0.0756. The highest BCUT2D eigenvalue weighted by atomic mass is 35.5. The van der Waals surface area contributed by atoms with Gasteiger partial charge < -0.3 is 9.84 Å². The smallest absolute Gasteiger partial charge is 0.387 e. The molecule has 1 aromatic carbocycles. The first-order valence-electron chi connectivity index (χ1n) is 5.53. The highest BCUT2D eigenvalue weighted by Crippen LogP contribution is 2.38. The summed E-state index contributed by atoms with van der Waals surface area (Å²) in [6.07, 6.45) is 3.04. The van der Waals surface area contributed by atoms with Crippen LogP contribution in [-0.2, 0) is 12.8 Å². The topological polar surface area (TPSA) is 46.5 Å². The lowest BCUT2D eigenvalue weighted by molar-refractivity contribution is -0.0503. The Bertz CT molecular complexity index is 489. The molecule has 98 valence electrons. The van der Waals surface area contributed by atoms with Gasteiger partial charge in [-0.1, -0.05) is 11.6 Å². The molecule has 0 spiro atoms. The van der Waals surface area contributed by atoms with Crippen LogP contribution in [0.2, 0.25) is 5.02 Å². The van der Waals surface area contributed by atoms with E-state index in [9.17, 15) is 18.7 Å². The van der Waals surface area contributed by atoms with E-state index in [4.69, 9.17) is 11.6 Å². The molecule has 0 radical (unpaired) electrons. The Balaban J connectivity index is 2.60. The van der Waals surface area contributed by atoms with E-state index in [1.165, 1.54) is 6.07 Å². The maximum Gasteiger partial charge on any atom is 0.387 e. The molecule has 3 nitrogen and oxygen atoms in total. The molecule has 0 amide bonds. The molecule has 0 unspecified atom stereocenters. The number of ether oxygens (including phenoxy) is 1. The van der Waals surface area contributed by atoms with E-state index in [1.54, 1.807) is 0 Å². The SMILES string of the molecule is O=C(O)c1c2c(cc(Cl)c1OC(F)F)CCCC2. The number of rotatable bonds is 3. The van der Waals surface area contributed by atoms with Crippen LogP contribution in [-0.4, -0.2) is 17.7 Å². The zero-order valence-electron chi connectivity index (χ0n) is 9.38. The number of benzene rings is 1. The molecule has 0 bridgehead atoms. The Labute approximate surface area is 107 Å². The average Bonchev–Trinajstić information content (AvgIpc) is 2.28. The number of fused-ring (bicyclic) bond motifs is 1. The van der Waals surface area contributed by atoms with Gasteiger partial charge in [-0.25, -0.2) is 4.79 Å². The largest absolute Gasteiger partial charge is 0.478 e. The molecule has 2 rings (SSSR count). The normalized spacial score (nSPS) is 14.4. The maximum atomic E-state index is 12.3. The van der Waals surface area contributed by atoms with Crippen LogP contribution in [0.1, 0.15) is 34.3 Å². The molecule has 0 saturated heterocycles. The Kier molecular flexibility index (Phi) is 3.71. The van der Waals surface area contributed by atoms with Gasteiger partial charge in [0.25, 0.3) is 0 Å². The van der Waals surface area contributed by atoms with Gasteiger partial charge in [0, 0.05) is 0 Å². The first-order valence-corrected chi connectivity index (χ1v) is 5.91. The van der Waals surface area contributed by atoms with E-state index < -0.39 is 18.3 Å². The monoisotopic (exact) mass is 276 g/mol. The Morgan fingerprint density at radius 3 is 2.67 bits per heavy atom. The summed E-state index contributed by atoms with van der Waals surface area (Å²) in [6, 6.07) is 1.53. The third-order valence-corrected chi connectivity index (χ3v) is 3.26. The number of carboxylic acids is 1. The minimum Gasteiger partial charge on any atom is -0.478 e. The van der Waals surface area contributed by atoms with Crippen molar-refractivity contribution < 1.29 is 23.4 Å². The summed E-state index contributed by atoms with van der Waals surface area (Å²) >= 11 is 5.83. The van der Waals surface area contributed by atoms with E-state index in [-0.39, 0.29) is 10.6 Å².